The first-order valence-corrected chi connectivity index (χ1v) is 24.6. The molecule has 0 aliphatic carbocycles. The van der Waals surface area contributed by atoms with Gasteiger partial charge in [-0.2, -0.15) is 0 Å². The van der Waals surface area contributed by atoms with Crippen LogP contribution in [0.5, 0.6) is 0 Å². The second-order valence-electron chi connectivity index (χ2n) is 15.8. The maximum atomic E-state index is 12.6. The number of carbonyl (C=O) groups excluding carboxylic acids is 2. The van der Waals surface area contributed by atoms with Crippen molar-refractivity contribution in [1.82, 2.24) is 0 Å². The van der Waals surface area contributed by atoms with Gasteiger partial charge in [-0.25, -0.2) is 4.57 Å². The molecule has 10 nitrogen and oxygen atoms in total. The van der Waals surface area contributed by atoms with Crippen molar-refractivity contribution in [3.05, 3.63) is 12.2 Å². The van der Waals surface area contributed by atoms with E-state index in [1.54, 1.807) is 0 Å². The fourth-order valence-corrected chi connectivity index (χ4v) is 7.37. The molecule has 0 aromatic heterocycles. The third-order valence-corrected chi connectivity index (χ3v) is 11.1. The molecule has 0 heterocycles. The molecule has 0 saturated carbocycles. The van der Waals surface area contributed by atoms with E-state index < -0.39 is 51.8 Å². The monoisotopic (exact) mass is 819 g/mol. The van der Waals surface area contributed by atoms with E-state index in [-0.39, 0.29) is 19.4 Å². The zero-order valence-electron chi connectivity index (χ0n) is 36.1. The number of unbranched alkanes of at least 4 members (excludes halogenated alkanes) is 28. The molecular formula is C45H87O10P. The van der Waals surface area contributed by atoms with Crippen LogP contribution < -0.4 is 0 Å². The van der Waals surface area contributed by atoms with E-state index in [1.165, 1.54) is 128 Å². The Labute approximate surface area is 343 Å². The lowest BCUT2D eigenvalue weighted by atomic mass is 10.0. The molecular weight excluding hydrogens is 731 g/mol. The van der Waals surface area contributed by atoms with E-state index in [2.05, 4.69) is 26.0 Å². The molecule has 0 aromatic rings. The number of ether oxygens (including phenoxy) is 2. The smallest absolute Gasteiger partial charge is 0.462 e. The van der Waals surface area contributed by atoms with Crippen LogP contribution in [0.4, 0.5) is 0 Å². The van der Waals surface area contributed by atoms with Gasteiger partial charge in [-0.1, -0.05) is 187 Å². The number of hydrogen-bond donors (Lipinski definition) is 3. The van der Waals surface area contributed by atoms with Gasteiger partial charge in [0.15, 0.2) is 6.10 Å². The molecule has 0 fully saturated rings. The van der Waals surface area contributed by atoms with Crippen molar-refractivity contribution in [3.8, 4) is 0 Å². The molecule has 0 aliphatic rings. The summed E-state index contributed by atoms with van der Waals surface area (Å²) in [6.45, 7) is 2.38. The summed E-state index contributed by atoms with van der Waals surface area (Å²) < 4.78 is 32.7. The lowest BCUT2D eigenvalue weighted by Gasteiger charge is -2.20. The van der Waals surface area contributed by atoms with Crippen LogP contribution in [0.2, 0.25) is 0 Å². The predicted molar refractivity (Wildman–Crippen MR) is 229 cm³/mol. The zero-order chi connectivity index (χ0) is 41.2. The predicted octanol–water partition coefficient (Wildman–Crippen LogP) is 12.4. The number of hydrogen-bond acceptors (Lipinski definition) is 9. The van der Waals surface area contributed by atoms with Gasteiger partial charge in [-0.15, -0.1) is 0 Å². The van der Waals surface area contributed by atoms with Crippen LogP contribution in [0.1, 0.15) is 226 Å². The van der Waals surface area contributed by atoms with Gasteiger partial charge in [0.25, 0.3) is 0 Å². The first-order valence-electron chi connectivity index (χ1n) is 23.1. The Morgan fingerprint density at radius 3 is 1.32 bits per heavy atom. The Morgan fingerprint density at radius 1 is 0.518 bits per heavy atom. The molecule has 11 heteroatoms. The van der Waals surface area contributed by atoms with Crippen LogP contribution in [0.15, 0.2) is 12.2 Å². The fraction of sp³-hybridized carbons (Fsp3) is 0.911. The minimum Gasteiger partial charge on any atom is -0.462 e. The largest absolute Gasteiger partial charge is 0.472 e. The maximum absolute atomic E-state index is 12.6. The Balaban J connectivity index is 4.16. The van der Waals surface area contributed by atoms with E-state index in [0.29, 0.717) is 12.8 Å². The van der Waals surface area contributed by atoms with Gasteiger partial charge in [-0.05, 0) is 38.5 Å². The highest BCUT2D eigenvalue weighted by Gasteiger charge is 2.27. The first kappa shape index (κ1) is 54.7. The average Bonchev–Trinajstić information content (AvgIpc) is 3.19. The van der Waals surface area contributed by atoms with E-state index in [4.69, 9.17) is 23.6 Å². The highest BCUT2D eigenvalue weighted by atomic mass is 31.2. The molecule has 3 N–H and O–H groups in total. The quantitative estimate of drug-likeness (QED) is 0.0235. The Hall–Kier alpha value is -1.29. The molecule has 0 aromatic carbocycles. The van der Waals surface area contributed by atoms with Crippen molar-refractivity contribution in [3.63, 3.8) is 0 Å². The number of rotatable bonds is 44. The van der Waals surface area contributed by atoms with E-state index in [0.717, 1.165) is 57.8 Å². The highest BCUT2D eigenvalue weighted by Crippen LogP contribution is 2.43. The Kier molecular flexibility index (Phi) is 40.9. The summed E-state index contributed by atoms with van der Waals surface area (Å²) in [5, 5.41) is 18.3. The van der Waals surface area contributed by atoms with Gasteiger partial charge in [0.1, 0.15) is 12.7 Å². The van der Waals surface area contributed by atoms with Crippen LogP contribution in [0.3, 0.4) is 0 Å². The van der Waals surface area contributed by atoms with E-state index in [9.17, 15) is 24.2 Å². The number of aliphatic hydroxyl groups is 2. The number of phosphoric ester groups is 1. The normalized spacial score (nSPS) is 13.9. The van der Waals surface area contributed by atoms with Crippen molar-refractivity contribution in [1.29, 1.82) is 0 Å². The van der Waals surface area contributed by atoms with Gasteiger partial charge in [-0.3, -0.25) is 18.6 Å². The van der Waals surface area contributed by atoms with Crippen molar-refractivity contribution >= 4 is 19.8 Å². The van der Waals surface area contributed by atoms with Crippen LogP contribution in [0.25, 0.3) is 0 Å². The number of phosphoric acid groups is 1. The summed E-state index contributed by atoms with van der Waals surface area (Å²) in [6.07, 6.45) is 40.4. The summed E-state index contributed by atoms with van der Waals surface area (Å²) >= 11 is 0. The highest BCUT2D eigenvalue weighted by molar-refractivity contribution is 7.47. The molecule has 332 valence electrons. The molecule has 1 unspecified atom stereocenters. The van der Waals surface area contributed by atoms with E-state index >= 15 is 0 Å². The van der Waals surface area contributed by atoms with Crippen molar-refractivity contribution in [2.45, 2.75) is 238 Å². The van der Waals surface area contributed by atoms with E-state index in [1.807, 2.05) is 0 Å². The Morgan fingerprint density at radius 2 is 0.875 bits per heavy atom. The molecule has 0 saturated heterocycles. The second kappa shape index (κ2) is 41.9. The molecule has 56 heavy (non-hydrogen) atoms. The third-order valence-electron chi connectivity index (χ3n) is 10.2. The van der Waals surface area contributed by atoms with Gasteiger partial charge in [0.2, 0.25) is 0 Å². The van der Waals surface area contributed by atoms with Crippen LogP contribution in [-0.2, 0) is 32.7 Å². The topological polar surface area (TPSA) is 149 Å². The molecule has 0 spiro atoms. The lowest BCUT2D eigenvalue weighted by molar-refractivity contribution is -0.161. The minimum atomic E-state index is -4.61. The number of allylic oxidation sites excluding steroid dienone is 2. The summed E-state index contributed by atoms with van der Waals surface area (Å²) in [4.78, 5) is 35.0. The summed E-state index contributed by atoms with van der Waals surface area (Å²) in [7, 11) is -4.61. The number of esters is 2. The fourth-order valence-electron chi connectivity index (χ4n) is 6.58. The maximum Gasteiger partial charge on any atom is 0.472 e. The van der Waals surface area contributed by atoms with Crippen LogP contribution in [-0.4, -0.2) is 65.7 Å². The zero-order valence-corrected chi connectivity index (χ0v) is 37.0. The molecule has 0 amide bonds. The molecule has 0 rings (SSSR count). The van der Waals surface area contributed by atoms with Crippen molar-refractivity contribution in [2.75, 3.05) is 26.4 Å². The summed E-state index contributed by atoms with van der Waals surface area (Å²) in [5.74, 6) is -0.924. The SMILES string of the molecule is CCCCC/C=C/CCCCCCCC(=O)OC[C@H](COP(=O)(O)OC[C@@H](O)CO)OC(=O)CCCCCCCCCCCCCCCCCCCCCCC. The lowest BCUT2D eigenvalue weighted by Crippen LogP contribution is -2.29. The number of carbonyl (C=O) groups is 2. The Bertz CT molecular complexity index is 946. The molecule has 3 atom stereocenters. The van der Waals surface area contributed by atoms with Crippen LogP contribution >= 0.6 is 7.82 Å². The molecule has 0 bridgehead atoms. The van der Waals surface area contributed by atoms with Crippen LogP contribution in [0, 0.1) is 0 Å². The van der Waals surface area contributed by atoms with Crippen molar-refractivity contribution < 1.29 is 47.8 Å². The van der Waals surface area contributed by atoms with Gasteiger partial charge >= 0.3 is 19.8 Å². The minimum absolute atomic E-state index is 0.189. The van der Waals surface area contributed by atoms with Gasteiger partial charge in [0.05, 0.1) is 19.8 Å². The molecule has 0 radical (unpaired) electrons. The average molecular weight is 819 g/mol. The summed E-state index contributed by atoms with van der Waals surface area (Å²) in [6, 6.07) is 0. The summed E-state index contributed by atoms with van der Waals surface area (Å²) in [5.41, 5.74) is 0. The second-order valence-corrected chi connectivity index (χ2v) is 17.2. The van der Waals surface area contributed by atoms with Gasteiger partial charge in [0, 0.05) is 12.8 Å². The first-order chi connectivity index (χ1) is 27.2. The number of aliphatic hydroxyl groups excluding tert-OH is 2. The van der Waals surface area contributed by atoms with Gasteiger partial charge < -0.3 is 24.6 Å². The van der Waals surface area contributed by atoms with Crippen molar-refractivity contribution in [2.24, 2.45) is 0 Å². The standard InChI is InChI=1S/C45H87O10P/c1-3-5-7-9-11-13-15-17-18-19-20-21-22-23-24-25-27-29-31-33-35-37-45(49)55-43(41-54-56(50,51)53-39-42(47)38-46)40-52-44(48)36-34-32-30-28-26-16-14-12-10-8-6-4-2/h12,14,42-43,46-47H,3-11,13,15-41H2,1-2H3,(H,50,51)/b14-12+/t42-,43+/m0/s1. The third kappa shape index (κ3) is 40.9. The molecule has 0 aliphatic heterocycles.